The Balaban J connectivity index is 2.94. The predicted octanol–water partition coefficient (Wildman–Crippen LogP) is -0.247. The second-order valence-electron chi connectivity index (χ2n) is 4.26. The van der Waals surface area contributed by atoms with Gasteiger partial charge in [0.1, 0.15) is 6.61 Å². The fourth-order valence-corrected chi connectivity index (χ4v) is 2.91. The van der Waals surface area contributed by atoms with Crippen molar-refractivity contribution < 1.29 is 18.3 Å². The van der Waals surface area contributed by atoms with E-state index >= 15 is 0 Å². The van der Waals surface area contributed by atoms with Gasteiger partial charge < -0.3 is 10.4 Å². The van der Waals surface area contributed by atoms with Crippen molar-refractivity contribution in [2.75, 3.05) is 20.2 Å². The summed E-state index contributed by atoms with van der Waals surface area (Å²) in [5, 5.41) is 11.1. The Morgan fingerprint density at radius 1 is 1.38 bits per heavy atom. The van der Waals surface area contributed by atoms with Gasteiger partial charge in [-0.25, -0.2) is 13.1 Å². The topological polar surface area (TPSA) is 95.5 Å². The molecule has 0 aliphatic carbocycles. The summed E-state index contributed by atoms with van der Waals surface area (Å²) < 4.78 is 26.8. The first-order valence-corrected chi connectivity index (χ1v) is 7.79. The van der Waals surface area contributed by atoms with E-state index in [2.05, 4.69) is 21.9 Å². The van der Waals surface area contributed by atoms with E-state index in [0.717, 1.165) is 0 Å². The first-order valence-electron chi connectivity index (χ1n) is 6.31. The summed E-state index contributed by atoms with van der Waals surface area (Å²) in [6.45, 7) is 1.41. The number of aliphatic hydroxyl groups is 1. The highest BCUT2D eigenvalue weighted by atomic mass is 32.2. The summed E-state index contributed by atoms with van der Waals surface area (Å²) >= 11 is 0. The van der Waals surface area contributed by atoms with Crippen molar-refractivity contribution in [3.05, 3.63) is 29.3 Å². The van der Waals surface area contributed by atoms with Gasteiger partial charge in [0, 0.05) is 25.6 Å². The molecule has 0 aliphatic heterocycles. The van der Waals surface area contributed by atoms with Crippen LogP contribution >= 0.6 is 0 Å². The Morgan fingerprint density at radius 2 is 2.10 bits per heavy atom. The molecule has 1 rings (SSSR count). The minimum absolute atomic E-state index is 0.0218. The van der Waals surface area contributed by atoms with Crippen LogP contribution < -0.4 is 10.0 Å². The maximum atomic E-state index is 12.2. The minimum Gasteiger partial charge on any atom is -0.384 e. The number of nitrogens with one attached hydrogen (secondary N) is 2. The molecule has 0 unspecified atom stereocenters. The monoisotopic (exact) mass is 310 g/mol. The Morgan fingerprint density at radius 3 is 2.71 bits per heavy atom. The number of carbonyl (C=O) groups is 1. The molecule has 21 heavy (non-hydrogen) atoms. The molecule has 0 fully saturated rings. The van der Waals surface area contributed by atoms with Crippen molar-refractivity contribution in [3.8, 4) is 11.8 Å². The molecule has 0 bridgehead atoms. The molecule has 0 saturated heterocycles. The lowest BCUT2D eigenvalue weighted by molar-refractivity contribution is -0.120. The van der Waals surface area contributed by atoms with Crippen LogP contribution in [-0.2, 0) is 14.8 Å². The molecule has 7 heteroatoms. The maximum absolute atomic E-state index is 12.2. The Labute approximate surface area is 124 Å². The fraction of sp³-hybridized carbons (Fsp3) is 0.357. The van der Waals surface area contributed by atoms with Crippen LogP contribution in [0.2, 0.25) is 0 Å². The third-order valence-electron chi connectivity index (χ3n) is 2.71. The summed E-state index contributed by atoms with van der Waals surface area (Å²) in [5.41, 5.74) is 1.08. The number of sulfonamides is 1. The van der Waals surface area contributed by atoms with Gasteiger partial charge in [-0.05, 0) is 24.6 Å². The van der Waals surface area contributed by atoms with E-state index in [1.54, 1.807) is 19.1 Å². The van der Waals surface area contributed by atoms with E-state index < -0.39 is 10.0 Å². The van der Waals surface area contributed by atoms with E-state index in [9.17, 15) is 13.2 Å². The first kappa shape index (κ1) is 17.2. The van der Waals surface area contributed by atoms with Crippen LogP contribution in [0.3, 0.4) is 0 Å². The second-order valence-corrected chi connectivity index (χ2v) is 6.00. The lowest BCUT2D eigenvalue weighted by Crippen LogP contribution is -2.29. The van der Waals surface area contributed by atoms with Gasteiger partial charge in [0.05, 0.1) is 4.90 Å². The Hall–Kier alpha value is -1.88. The van der Waals surface area contributed by atoms with Gasteiger partial charge in [0.25, 0.3) is 0 Å². The molecule has 114 valence electrons. The second kappa shape index (κ2) is 7.78. The molecule has 1 aromatic rings. The van der Waals surface area contributed by atoms with E-state index in [4.69, 9.17) is 5.11 Å². The van der Waals surface area contributed by atoms with E-state index in [1.165, 1.54) is 13.1 Å². The zero-order chi connectivity index (χ0) is 15.9. The zero-order valence-corrected chi connectivity index (χ0v) is 12.8. The van der Waals surface area contributed by atoms with Crippen LogP contribution in [-0.4, -0.2) is 39.6 Å². The van der Waals surface area contributed by atoms with Gasteiger partial charge in [0.2, 0.25) is 15.9 Å². The smallest absolute Gasteiger partial charge is 0.240 e. The highest BCUT2D eigenvalue weighted by Gasteiger charge is 2.17. The van der Waals surface area contributed by atoms with Gasteiger partial charge in [-0.3, -0.25) is 4.79 Å². The Kier molecular flexibility index (Phi) is 6.37. The van der Waals surface area contributed by atoms with Gasteiger partial charge >= 0.3 is 0 Å². The molecular weight excluding hydrogens is 292 g/mol. The third kappa shape index (κ3) is 5.19. The molecular formula is C14H18N2O4S. The summed E-state index contributed by atoms with van der Waals surface area (Å²) in [7, 11) is -2.21. The summed E-state index contributed by atoms with van der Waals surface area (Å²) in [5.74, 6) is 4.89. The van der Waals surface area contributed by atoms with E-state index in [0.29, 0.717) is 11.1 Å². The van der Waals surface area contributed by atoms with Crippen LogP contribution in [0.25, 0.3) is 0 Å². The van der Waals surface area contributed by atoms with Gasteiger partial charge in [-0.15, -0.1) is 0 Å². The quantitative estimate of drug-likeness (QED) is 0.654. The first-order chi connectivity index (χ1) is 9.90. The predicted molar refractivity (Wildman–Crippen MR) is 79.0 cm³/mol. The number of aliphatic hydroxyl groups excluding tert-OH is 1. The average molecular weight is 310 g/mol. The van der Waals surface area contributed by atoms with Gasteiger partial charge in [-0.2, -0.15) is 0 Å². The average Bonchev–Trinajstić information content (AvgIpc) is 2.45. The number of benzene rings is 1. The van der Waals surface area contributed by atoms with Crippen LogP contribution in [0, 0.1) is 18.8 Å². The third-order valence-corrected chi connectivity index (χ3v) is 4.32. The lowest BCUT2D eigenvalue weighted by Gasteiger charge is -2.09. The summed E-state index contributed by atoms with van der Waals surface area (Å²) in [4.78, 5) is 11.2. The number of amides is 1. The zero-order valence-electron chi connectivity index (χ0n) is 11.9. The molecule has 0 heterocycles. The normalized spacial score (nSPS) is 10.6. The summed E-state index contributed by atoms with van der Waals surface area (Å²) in [6.07, 6.45) is 0.0682. The van der Waals surface area contributed by atoms with Crippen molar-refractivity contribution in [1.82, 2.24) is 10.0 Å². The van der Waals surface area contributed by atoms with Crippen LogP contribution in [0.15, 0.2) is 23.1 Å². The van der Waals surface area contributed by atoms with Crippen LogP contribution in [0.4, 0.5) is 0 Å². The standard InChI is InChI=1S/C14H18N2O4S/c1-11-5-6-12(4-3-9-17)10-13(11)21(19,20)16-8-7-14(18)15-2/h5-6,10,16-17H,7-9H2,1-2H3,(H,15,18). The lowest BCUT2D eigenvalue weighted by atomic mass is 10.1. The van der Waals surface area contributed by atoms with Gasteiger partial charge in [0.15, 0.2) is 0 Å². The molecule has 0 radical (unpaired) electrons. The van der Waals surface area contributed by atoms with Crippen LogP contribution in [0.1, 0.15) is 17.5 Å². The SMILES string of the molecule is CNC(=O)CCNS(=O)(=O)c1cc(C#CCO)ccc1C. The number of hydrogen-bond donors (Lipinski definition) is 3. The van der Waals surface area contributed by atoms with Crippen molar-refractivity contribution in [3.63, 3.8) is 0 Å². The largest absolute Gasteiger partial charge is 0.384 e. The fourth-order valence-electron chi connectivity index (χ4n) is 1.61. The molecule has 0 aromatic heterocycles. The maximum Gasteiger partial charge on any atom is 0.240 e. The molecule has 0 spiro atoms. The molecule has 0 saturated carbocycles. The minimum atomic E-state index is -3.70. The number of rotatable bonds is 5. The molecule has 6 nitrogen and oxygen atoms in total. The summed E-state index contributed by atoms with van der Waals surface area (Å²) in [6, 6.07) is 4.77. The van der Waals surface area contributed by atoms with Crippen molar-refractivity contribution in [2.45, 2.75) is 18.2 Å². The molecule has 0 atom stereocenters. The molecule has 1 aromatic carbocycles. The Bertz CT molecular complexity index is 672. The molecule has 3 N–H and O–H groups in total. The highest BCUT2D eigenvalue weighted by Crippen LogP contribution is 2.16. The van der Waals surface area contributed by atoms with E-state index in [-0.39, 0.29) is 30.4 Å². The molecule has 0 aliphatic rings. The van der Waals surface area contributed by atoms with Crippen molar-refractivity contribution in [2.24, 2.45) is 0 Å². The number of carbonyl (C=O) groups excluding carboxylic acids is 1. The van der Waals surface area contributed by atoms with Crippen LogP contribution in [0.5, 0.6) is 0 Å². The number of hydrogen-bond acceptors (Lipinski definition) is 4. The van der Waals surface area contributed by atoms with Gasteiger partial charge in [-0.1, -0.05) is 17.9 Å². The highest BCUT2D eigenvalue weighted by molar-refractivity contribution is 7.89. The number of aryl methyl sites for hydroxylation is 1. The molecule has 1 amide bonds. The van der Waals surface area contributed by atoms with Crippen molar-refractivity contribution in [1.29, 1.82) is 0 Å². The van der Waals surface area contributed by atoms with Crippen molar-refractivity contribution >= 4 is 15.9 Å². The van der Waals surface area contributed by atoms with E-state index in [1.807, 2.05) is 0 Å².